The van der Waals surface area contributed by atoms with Crippen LogP contribution in [0.3, 0.4) is 0 Å². The molecule has 4 N–H and O–H groups in total. The fraction of sp³-hybridized carbons (Fsp3) is 0.500. The molecule has 0 spiro atoms. The highest BCUT2D eigenvalue weighted by Crippen LogP contribution is 2.28. The van der Waals surface area contributed by atoms with Crippen molar-refractivity contribution in [3.05, 3.63) is 10.9 Å². The van der Waals surface area contributed by atoms with Gasteiger partial charge in [-0.3, -0.25) is 4.79 Å². The minimum absolute atomic E-state index is 0.0379. The van der Waals surface area contributed by atoms with Gasteiger partial charge in [0.15, 0.2) is 0 Å². The number of nitrogens with one attached hydrogen (secondary N) is 2. The van der Waals surface area contributed by atoms with Crippen molar-refractivity contribution in [2.75, 3.05) is 24.1 Å². The maximum Gasteiger partial charge on any atom is 0.223 e. The van der Waals surface area contributed by atoms with Gasteiger partial charge >= 0.3 is 0 Å². The van der Waals surface area contributed by atoms with Gasteiger partial charge in [0.1, 0.15) is 10.6 Å². The summed E-state index contributed by atoms with van der Waals surface area (Å²) < 4.78 is 0. The van der Waals surface area contributed by atoms with Gasteiger partial charge in [0, 0.05) is 24.4 Å². The van der Waals surface area contributed by atoms with Crippen LogP contribution in [0.15, 0.2) is 6.07 Å². The molecule has 0 atom stereocenters. The first-order valence-corrected chi connectivity index (χ1v) is 7.81. The SMILES string of the molecule is Cc1cc2c(NCCC(=O)NCC(C)C)nc(N)nc2s1. The summed E-state index contributed by atoms with van der Waals surface area (Å²) in [5, 5.41) is 7.01. The van der Waals surface area contributed by atoms with Gasteiger partial charge in [0.25, 0.3) is 0 Å². The molecule has 0 unspecified atom stereocenters. The molecule has 0 aliphatic rings. The second kappa shape index (κ2) is 6.71. The number of hydrogen-bond acceptors (Lipinski definition) is 6. The monoisotopic (exact) mass is 307 g/mol. The first-order chi connectivity index (χ1) is 9.95. The van der Waals surface area contributed by atoms with Crippen LogP contribution in [0.1, 0.15) is 25.1 Å². The Morgan fingerprint density at radius 2 is 2.19 bits per heavy atom. The molecule has 1 amide bonds. The van der Waals surface area contributed by atoms with E-state index in [-0.39, 0.29) is 11.9 Å². The molecule has 0 aliphatic carbocycles. The summed E-state index contributed by atoms with van der Waals surface area (Å²) in [6, 6.07) is 2.03. The Morgan fingerprint density at radius 1 is 1.43 bits per heavy atom. The lowest BCUT2D eigenvalue weighted by molar-refractivity contribution is -0.120. The van der Waals surface area contributed by atoms with Crippen molar-refractivity contribution in [3.63, 3.8) is 0 Å². The van der Waals surface area contributed by atoms with Gasteiger partial charge in [-0.2, -0.15) is 4.98 Å². The molecule has 2 heterocycles. The van der Waals surface area contributed by atoms with Crippen LogP contribution in [0, 0.1) is 12.8 Å². The summed E-state index contributed by atoms with van der Waals surface area (Å²) in [6.45, 7) is 7.37. The summed E-state index contributed by atoms with van der Waals surface area (Å²) in [5.74, 6) is 1.43. The number of carbonyl (C=O) groups excluding carboxylic acids is 1. The molecule has 21 heavy (non-hydrogen) atoms. The van der Waals surface area contributed by atoms with Crippen LogP contribution in [-0.2, 0) is 4.79 Å². The van der Waals surface area contributed by atoms with Crippen molar-refractivity contribution < 1.29 is 4.79 Å². The number of rotatable bonds is 6. The van der Waals surface area contributed by atoms with Crippen LogP contribution in [0.5, 0.6) is 0 Å². The van der Waals surface area contributed by atoms with E-state index in [1.807, 2.05) is 13.0 Å². The van der Waals surface area contributed by atoms with Gasteiger partial charge in [-0.25, -0.2) is 4.98 Å². The highest BCUT2D eigenvalue weighted by atomic mass is 32.1. The number of nitrogens with two attached hydrogens (primary N) is 1. The van der Waals surface area contributed by atoms with Gasteiger partial charge in [0.2, 0.25) is 11.9 Å². The number of aromatic nitrogens is 2. The van der Waals surface area contributed by atoms with Crippen LogP contribution in [-0.4, -0.2) is 29.0 Å². The van der Waals surface area contributed by atoms with Crippen molar-refractivity contribution in [1.82, 2.24) is 15.3 Å². The molecule has 0 radical (unpaired) electrons. The third kappa shape index (κ3) is 4.29. The van der Waals surface area contributed by atoms with Crippen molar-refractivity contribution in [2.24, 2.45) is 5.92 Å². The summed E-state index contributed by atoms with van der Waals surface area (Å²) in [4.78, 5) is 22.1. The van der Waals surface area contributed by atoms with Crippen molar-refractivity contribution >= 4 is 39.2 Å². The number of hydrogen-bond donors (Lipinski definition) is 3. The zero-order valence-electron chi connectivity index (χ0n) is 12.6. The third-order valence-corrected chi connectivity index (χ3v) is 3.83. The quantitative estimate of drug-likeness (QED) is 0.760. The number of fused-ring (bicyclic) bond motifs is 1. The molecule has 2 rings (SSSR count). The van der Waals surface area contributed by atoms with E-state index in [1.54, 1.807) is 11.3 Å². The van der Waals surface area contributed by atoms with Crippen LogP contribution < -0.4 is 16.4 Å². The molecule has 114 valence electrons. The Kier molecular flexibility index (Phi) is 4.95. The van der Waals surface area contributed by atoms with E-state index in [0.717, 1.165) is 15.1 Å². The number of nitrogens with zero attached hydrogens (tertiary/aromatic N) is 2. The molecule has 7 heteroatoms. The zero-order chi connectivity index (χ0) is 15.4. The molecule has 0 fully saturated rings. The molecule has 0 aromatic carbocycles. The highest BCUT2D eigenvalue weighted by Gasteiger charge is 2.09. The van der Waals surface area contributed by atoms with E-state index >= 15 is 0 Å². The molecular weight excluding hydrogens is 286 g/mol. The maximum absolute atomic E-state index is 11.7. The predicted molar refractivity (Wildman–Crippen MR) is 87.5 cm³/mol. The Labute approximate surface area is 128 Å². The normalized spacial score (nSPS) is 11.0. The van der Waals surface area contributed by atoms with Gasteiger partial charge in [-0.15, -0.1) is 11.3 Å². The van der Waals surface area contributed by atoms with E-state index in [0.29, 0.717) is 31.2 Å². The maximum atomic E-state index is 11.7. The third-order valence-electron chi connectivity index (χ3n) is 2.89. The van der Waals surface area contributed by atoms with Gasteiger partial charge in [0.05, 0.1) is 5.39 Å². The molecule has 0 saturated carbocycles. The van der Waals surface area contributed by atoms with Crippen LogP contribution >= 0.6 is 11.3 Å². The van der Waals surface area contributed by atoms with E-state index < -0.39 is 0 Å². The zero-order valence-corrected chi connectivity index (χ0v) is 13.4. The molecular formula is C14H21N5OS. The lowest BCUT2D eigenvalue weighted by Gasteiger charge is -2.09. The first-order valence-electron chi connectivity index (χ1n) is 7.00. The first kappa shape index (κ1) is 15.5. The van der Waals surface area contributed by atoms with Crippen LogP contribution in [0.4, 0.5) is 11.8 Å². The fourth-order valence-electron chi connectivity index (χ4n) is 1.89. The van der Waals surface area contributed by atoms with E-state index in [1.165, 1.54) is 0 Å². The van der Waals surface area contributed by atoms with Gasteiger partial charge in [-0.1, -0.05) is 13.8 Å². The Morgan fingerprint density at radius 3 is 2.90 bits per heavy atom. The Balaban J connectivity index is 1.96. The molecule has 2 aromatic heterocycles. The molecule has 0 bridgehead atoms. The summed E-state index contributed by atoms with van der Waals surface area (Å²) in [5.41, 5.74) is 5.71. The molecule has 6 nitrogen and oxygen atoms in total. The average Bonchev–Trinajstić information content (AvgIpc) is 2.76. The number of nitrogen functional groups attached to an aromatic ring is 1. The van der Waals surface area contributed by atoms with E-state index in [9.17, 15) is 4.79 Å². The van der Waals surface area contributed by atoms with Gasteiger partial charge in [-0.05, 0) is 18.9 Å². The Hall–Kier alpha value is -1.89. The minimum Gasteiger partial charge on any atom is -0.369 e. The summed E-state index contributed by atoms with van der Waals surface area (Å²) in [6.07, 6.45) is 0.404. The number of thiophene rings is 1. The van der Waals surface area contributed by atoms with Gasteiger partial charge < -0.3 is 16.4 Å². The predicted octanol–water partition coefficient (Wildman–Crippen LogP) is 2.16. The lowest BCUT2D eigenvalue weighted by atomic mass is 10.2. The van der Waals surface area contributed by atoms with Crippen LogP contribution in [0.25, 0.3) is 10.2 Å². The lowest BCUT2D eigenvalue weighted by Crippen LogP contribution is -2.28. The largest absolute Gasteiger partial charge is 0.369 e. The summed E-state index contributed by atoms with van der Waals surface area (Å²) in [7, 11) is 0. The van der Waals surface area contributed by atoms with E-state index in [2.05, 4.69) is 34.4 Å². The number of carbonyl (C=O) groups is 1. The second-order valence-corrected chi connectivity index (χ2v) is 6.62. The van der Waals surface area contributed by atoms with E-state index in [4.69, 9.17) is 5.73 Å². The fourth-order valence-corrected chi connectivity index (χ4v) is 2.78. The molecule has 0 aliphatic heterocycles. The number of amides is 1. The minimum atomic E-state index is 0.0379. The number of anilines is 2. The molecule has 2 aromatic rings. The topological polar surface area (TPSA) is 92.9 Å². The molecule has 0 saturated heterocycles. The number of aryl methyl sites for hydroxylation is 1. The second-order valence-electron chi connectivity index (χ2n) is 5.38. The Bertz CT molecular complexity index is 638. The highest BCUT2D eigenvalue weighted by molar-refractivity contribution is 7.18. The standard InChI is InChI=1S/C14H21N5OS/c1-8(2)7-17-11(20)4-5-16-12-10-6-9(3)21-13(10)19-14(15)18-12/h6,8H,4-5,7H2,1-3H3,(H,17,20)(H3,15,16,18,19). The van der Waals surface area contributed by atoms with Crippen molar-refractivity contribution in [3.8, 4) is 0 Å². The smallest absolute Gasteiger partial charge is 0.223 e. The summed E-state index contributed by atoms with van der Waals surface area (Å²) >= 11 is 1.58. The average molecular weight is 307 g/mol. The van der Waals surface area contributed by atoms with Crippen molar-refractivity contribution in [2.45, 2.75) is 27.2 Å². The van der Waals surface area contributed by atoms with Crippen molar-refractivity contribution in [1.29, 1.82) is 0 Å². The van der Waals surface area contributed by atoms with Crippen LogP contribution in [0.2, 0.25) is 0 Å².